The first-order valence-corrected chi connectivity index (χ1v) is 7.94. The van der Waals surface area contributed by atoms with E-state index in [1.807, 2.05) is 39.0 Å². The highest BCUT2D eigenvalue weighted by Crippen LogP contribution is 2.31. The van der Waals surface area contributed by atoms with E-state index in [-0.39, 0.29) is 19.0 Å². The van der Waals surface area contributed by atoms with E-state index >= 15 is 0 Å². The van der Waals surface area contributed by atoms with Crippen LogP contribution in [0.5, 0.6) is 0 Å². The highest BCUT2D eigenvalue weighted by Gasteiger charge is 2.20. The average Bonchev–Trinajstić information content (AvgIpc) is 2.50. The van der Waals surface area contributed by atoms with Gasteiger partial charge in [0.15, 0.2) is 5.82 Å². The molecular formula is C16H22ClN5O2. The van der Waals surface area contributed by atoms with Crippen molar-refractivity contribution in [1.82, 2.24) is 15.2 Å². The molecule has 4 N–H and O–H groups in total. The normalized spacial score (nSPS) is 11.5. The highest BCUT2D eigenvalue weighted by molar-refractivity contribution is 6.34. The summed E-state index contributed by atoms with van der Waals surface area (Å²) < 4.78 is 5.33. The van der Waals surface area contributed by atoms with Crippen molar-refractivity contribution in [3.8, 4) is 11.3 Å². The molecule has 0 saturated heterocycles. The molecule has 24 heavy (non-hydrogen) atoms. The van der Waals surface area contributed by atoms with Gasteiger partial charge in [0, 0.05) is 5.56 Å². The number of halogens is 1. The maximum absolute atomic E-state index is 8.76. The molecule has 0 saturated carbocycles. The smallest absolute Gasteiger partial charge is 0.245 e. The second kappa shape index (κ2) is 7.74. The number of anilines is 2. The molecule has 0 atom stereocenters. The predicted molar refractivity (Wildman–Crippen MR) is 95.0 cm³/mol. The summed E-state index contributed by atoms with van der Waals surface area (Å²) in [5.74, 6) is 0.546. The van der Waals surface area contributed by atoms with Crippen LogP contribution >= 0.6 is 11.6 Å². The van der Waals surface area contributed by atoms with Crippen LogP contribution in [0.3, 0.4) is 0 Å². The molecule has 0 bridgehead atoms. The maximum atomic E-state index is 8.76. The number of aliphatic hydroxyl groups excluding tert-OH is 1. The standard InChI is InChI=1S/C16H22ClN5O2/c1-10-5-4-6-11(12(10)17)13-14(18)19-15(22-21-13)20-16(2,3)9-24-8-7-23/h4-6,23H,7-9H2,1-3H3,(H3,18,19,20,22). The number of aryl methyl sites for hydroxylation is 1. The summed E-state index contributed by atoms with van der Waals surface area (Å²) in [7, 11) is 0. The van der Waals surface area contributed by atoms with Gasteiger partial charge in [0.2, 0.25) is 5.95 Å². The first-order valence-electron chi connectivity index (χ1n) is 7.56. The number of hydrogen-bond acceptors (Lipinski definition) is 7. The van der Waals surface area contributed by atoms with E-state index in [0.717, 1.165) is 5.56 Å². The largest absolute Gasteiger partial charge is 0.394 e. The van der Waals surface area contributed by atoms with Gasteiger partial charge >= 0.3 is 0 Å². The Bertz CT molecular complexity index is 709. The topological polar surface area (TPSA) is 106 Å². The van der Waals surface area contributed by atoms with Gasteiger partial charge in [0.1, 0.15) is 5.69 Å². The van der Waals surface area contributed by atoms with Gasteiger partial charge in [-0.2, -0.15) is 4.98 Å². The lowest BCUT2D eigenvalue weighted by Crippen LogP contribution is -2.37. The third-order valence-electron chi connectivity index (χ3n) is 3.31. The van der Waals surface area contributed by atoms with E-state index in [0.29, 0.717) is 28.8 Å². The minimum atomic E-state index is -0.439. The van der Waals surface area contributed by atoms with E-state index in [4.69, 9.17) is 27.2 Å². The Morgan fingerprint density at radius 2 is 2.08 bits per heavy atom. The molecular weight excluding hydrogens is 330 g/mol. The van der Waals surface area contributed by atoms with Crippen LogP contribution in [0.1, 0.15) is 19.4 Å². The number of aliphatic hydroxyl groups is 1. The van der Waals surface area contributed by atoms with Crippen LogP contribution in [0.2, 0.25) is 5.02 Å². The van der Waals surface area contributed by atoms with E-state index in [1.165, 1.54) is 0 Å². The number of hydrogen-bond donors (Lipinski definition) is 3. The molecule has 2 rings (SSSR count). The SMILES string of the molecule is Cc1cccc(-c2nnc(NC(C)(C)COCCO)nc2N)c1Cl. The fraction of sp³-hybridized carbons (Fsp3) is 0.438. The van der Waals surface area contributed by atoms with Crippen molar-refractivity contribution >= 4 is 23.4 Å². The van der Waals surface area contributed by atoms with Gasteiger partial charge in [-0.15, -0.1) is 10.2 Å². The first-order chi connectivity index (χ1) is 11.3. The van der Waals surface area contributed by atoms with Crippen LogP contribution in [-0.2, 0) is 4.74 Å². The zero-order valence-corrected chi connectivity index (χ0v) is 14.8. The molecule has 1 aromatic carbocycles. The van der Waals surface area contributed by atoms with Gasteiger partial charge in [-0.3, -0.25) is 0 Å². The zero-order valence-electron chi connectivity index (χ0n) is 14.0. The van der Waals surface area contributed by atoms with Gasteiger partial charge in [-0.05, 0) is 26.3 Å². The van der Waals surface area contributed by atoms with Gasteiger partial charge in [-0.25, -0.2) is 0 Å². The molecule has 0 amide bonds. The molecule has 0 fully saturated rings. The number of nitrogens with two attached hydrogens (primary N) is 1. The quantitative estimate of drug-likeness (QED) is 0.657. The van der Waals surface area contributed by atoms with Crippen LogP contribution in [0.25, 0.3) is 11.3 Å². The predicted octanol–water partition coefficient (Wildman–Crippen LogP) is 2.28. The Kier molecular flexibility index (Phi) is 5.93. The van der Waals surface area contributed by atoms with Crippen molar-refractivity contribution in [3.63, 3.8) is 0 Å². The minimum absolute atomic E-state index is 0.0208. The average molecular weight is 352 g/mol. The second-order valence-electron chi connectivity index (χ2n) is 6.09. The van der Waals surface area contributed by atoms with Gasteiger partial charge < -0.3 is 20.9 Å². The van der Waals surface area contributed by atoms with Crippen molar-refractivity contribution in [2.75, 3.05) is 30.9 Å². The molecule has 7 nitrogen and oxygen atoms in total. The summed E-state index contributed by atoms with van der Waals surface area (Å²) in [4.78, 5) is 4.26. The second-order valence-corrected chi connectivity index (χ2v) is 6.47. The van der Waals surface area contributed by atoms with Crippen LogP contribution in [0, 0.1) is 6.92 Å². The Hall–Kier alpha value is -1.96. The Balaban J connectivity index is 2.19. The lowest BCUT2D eigenvalue weighted by atomic mass is 10.1. The monoisotopic (exact) mass is 351 g/mol. The van der Waals surface area contributed by atoms with Crippen LogP contribution < -0.4 is 11.1 Å². The molecule has 130 valence electrons. The number of benzene rings is 1. The Morgan fingerprint density at radius 3 is 2.75 bits per heavy atom. The fourth-order valence-corrected chi connectivity index (χ4v) is 2.36. The fourth-order valence-electron chi connectivity index (χ4n) is 2.14. The third kappa shape index (κ3) is 4.53. The van der Waals surface area contributed by atoms with Gasteiger partial charge in [-0.1, -0.05) is 29.8 Å². The summed E-state index contributed by atoms with van der Waals surface area (Å²) in [6.45, 7) is 6.39. The van der Waals surface area contributed by atoms with Crippen molar-refractivity contribution < 1.29 is 9.84 Å². The maximum Gasteiger partial charge on any atom is 0.245 e. The van der Waals surface area contributed by atoms with Crippen LogP contribution in [0.4, 0.5) is 11.8 Å². The van der Waals surface area contributed by atoms with Crippen molar-refractivity contribution in [2.45, 2.75) is 26.3 Å². The number of nitrogens with one attached hydrogen (secondary N) is 1. The van der Waals surface area contributed by atoms with E-state index in [1.54, 1.807) is 0 Å². The number of aromatic nitrogens is 3. The van der Waals surface area contributed by atoms with E-state index in [9.17, 15) is 0 Å². The molecule has 1 aromatic heterocycles. The summed E-state index contributed by atoms with van der Waals surface area (Å²) in [6, 6.07) is 5.62. The van der Waals surface area contributed by atoms with Gasteiger partial charge in [0.25, 0.3) is 0 Å². The molecule has 0 unspecified atom stereocenters. The minimum Gasteiger partial charge on any atom is -0.394 e. The number of rotatable bonds is 7. The summed E-state index contributed by atoms with van der Waals surface area (Å²) >= 11 is 6.31. The van der Waals surface area contributed by atoms with Crippen LogP contribution in [-0.4, -0.2) is 45.6 Å². The summed E-state index contributed by atoms with van der Waals surface area (Å²) in [5, 5.41) is 20.7. The van der Waals surface area contributed by atoms with E-state index in [2.05, 4.69) is 20.5 Å². The van der Waals surface area contributed by atoms with Crippen molar-refractivity contribution in [2.24, 2.45) is 0 Å². The summed E-state index contributed by atoms with van der Waals surface area (Å²) in [6.07, 6.45) is 0. The molecule has 0 radical (unpaired) electrons. The van der Waals surface area contributed by atoms with E-state index < -0.39 is 5.54 Å². The first kappa shape index (κ1) is 18.4. The highest BCUT2D eigenvalue weighted by atomic mass is 35.5. The Morgan fingerprint density at radius 1 is 1.33 bits per heavy atom. The molecule has 1 heterocycles. The number of ether oxygens (including phenoxy) is 1. The lowest BCUT2D eigenvalue weighted by molar-refractivity contribution is 0.0708. The third-order valence-corrected chi connectivity index (χ3v) is 3.81. The Labute approximate surface area is 146 Å². The van der Waals surface area contributed by atoms with Crippen LogP contribution in [0.15, 0.2) is 18.2 Å². The zero-order chi connectivity index (χ0) is 17.7. The molecule has 0 aliphatic heterocycles. The molecule has 2 aromatic rings. The molecule has 0 aliphatic rings. The number of nitrogen functional groups attached to an aromatic ring is 1. The lowest BCUT2D eigenvalue weighted by Gasteiger charge is -2.25. The van der Waals surface area contributed by atoms with Crippen molar-refractivity contribution in [3.05, 3.63) is 28.8 Å². The van der Waals surface area contributed by atoms with Gasteiger partial charge in [0.05, 0.1) is 30.4 Å². The van der Waals surface area contributed by atoms with Crippen molar-refractivity contribution in [1.29, 1.82) is 0 Å². The molecule has 8 heteroatoms. The molecule has 0 aliphatic carbocycles. The number of nitrogens with zero attached hydrogens (tertiary/aromatic N) is 3. The molecule has 0 spiro atoms. The summed E-state index contributed by atoms with van der Waals surface area (Å²) in [5.41, 5.74) is 7.68.